The average Bonchev–Trinajstić information content (AvgIpc) is 2.35. The lowest BCUT2D eigenvalue weighted by molar-refractivity contribution is 0.734. The molecule has 2 aromatic rings. The highest BCUT2D eigenvalue weighted by Crippen LogP contribution is 1.98. The summed E-state index contributed by atoms with van der Waals surface area (Å²) in [6, 6.07) is 7.11. The zero-order valence-electron chi connectivity index (χ0n) is 10.7. The van der Waals surface area contributed by atoms with Crippen LogP contribution in [-0.2, 0) is 6.54 Å². The van der Waals surface area contributed by atoms with Crippen LogP contribution >= 0.6 is 0 Å². The first kappa shape index (κ1) is 12.5. The molecule has 0 amide bonds. The summed E-state index contributed by atoms with van der Waals surface area (Å²) in [4.78, 5) is 16.3. The fraction of sp³-hybridized carbons (Fsp3) is 0.286. The Balaban J connectivity index is 2.15. The fourth-order valence-corrected chi connectivity index (χ4v) is 1.67. The first-order valence-electron chi connectivity index (χ1n) is 5.98. The van der Waals surface area contributed by atoms with Gasteiger partial charge >= 0.3 is 0 Å². The van der Waals surface area contributed by atoms with Crippen molar-refractivity contribution >= 4 is 5.65 Å². The number of rotatable bonds is 4. The SMILES string of the molecule is CC(C)=CCNCc1cc(=O)n2ccccc2n1. The van der Waals surface area contributed by atoms with Gasteiger partial charge in [0, 0.05) is 25.4 Å². The number of hydrogen-bond donors (Lipinski definition) is 1. The summed E-state index contributed by atoms with van der Waals surface area (Å²) < 4.78 is 1.54. The molecule has 2 rings (SSSR count). The molecule has 94 valence electrons. The third kappa shape index (κ3) is 3.05. The maximum absolute atomic E-state index is 11.8. The van der Waals surface area contributed by atoms with E-state index in [1.165, 1.54) is 5.57 Å². The van der Waals surface area contributed by atoms with Crippen LogP contribution in [0.1, 0.15) is 19.5 Å². The van der Waals surface area contributed by atoms with Gasteiger partial charge in [0.25, 0.3) is 5.56 Å². The third-order valence-electron chi connectivity index (χ3n) is 2.58. The van der Waals surface area contributed by atoms with Crippen LogP contribution in [0.15, 0.2) is 46.9 Å². The molecule has 2 heterocycles. The van der Waals surface area contributed by atoms with Crippen molar-refractivity contribution in [1.29, 1.82) is 0 Å². The molecular formula is C14H17N3O. The Morgan fingerprint density at radius 1 is 1.44 bits per heavy atom. The smallest absolute Gasteiger partial charge is 0.258 e. The summed E-state index contributed by atoms with van der Waals surface area (Å²) >= 11 is 0. The molecule has 0 aliphatic heterocycles. The van der Waals surface area contributed by atoms with Crippen LogP contribution in [0.3, 0.4) is 0 Å². The molecule has 4 nitrogen and oxygen atoms in total. The molecule has 0 aliphatic carbocycles. The van der Waals surface area contributed by atoms with Gasteiger partial charge in [-0.3, -0.25) is 9.20 Å². The predicted molar refractivity (Wildman–Crippen MR) is 72.6 cm³/mol. The molecule has 0 atom stereocenters. The van der Waals surface area contributed by atoms with Crippen molar-refractivity contribution in [2.75, 3.05) is 6.54 Å². The first-order valence-corrected chi connectivity index (χ1v) is 5.98. The van der Waals surface area contributed by atoms with Gasteiger partial charge in [-0.05, 0) is 26.0 Å². The summed E-state index contributed by atoms with van der Waals surface area (Å²) in [5.41, 5.74) is 2.69. The van der Waals surface area contributed by atoms with Crippen molar-refractivity contribution in [3.05, 3.63) is 58.2 Å². The van der Waals surface area contributed by atoms with E-state index in [2.05, 4.69) is 30.2 Å². The lowest BCUT2D eigenvalue weighted by Gasteiger charge is -2.04. The highest BCUT2D eigenvalue weighted by Gasteiger charge is 2.00. The van der Waals surface area contributed by atoms with Gasteiger partial charge in [0.05, 0.1) is 5.69 Å². The topological polar surface area (TPSA) is 46.4 Å². The lowest BCUT2D eigenvalue weighted by Crippen LogP contribution is -2.20. The van der Waals surface area contributed by atoms with Crippen molar-refractivity contribution in [1.82, 2.24) is 14.7 Å². The van der Waals surface area contributed by atoms with Crippen molar-refractivity contribution < 1.29 is 0 Å². The molecule has 0 unspecified atom stereocenters. The second-order valence-corrected chi connectivity index (χ2v) is 4.43. The zero-order valence-corrected chi connectivity index (χ0v) is 10.7. The number of aromatic nitrogens is 2. The quantitative estimate of drug-likeness (QED) is 0.657. The van der Waals surface area contributed by atoms with Gasteiger partial charge in [-0.15, -0.1) is 0 Å². The first-order chi connectivity index (χ1) is 8.66. The number of hydrogen-bond acceptors (Lipinski definition) is 3. The lowest BCUT2D eigenvalue weighted by atomic mass is 10.3. The van der Waals surface area contributed by atoms with Crippen LogP contribution in [0.2, 0.25) is 0 Å². The van der Waals surface area contributed by atoms with E-state index in [0.29, 0.717) is 12.2 Å². The summed E-state index contributed by atoms with van der Waals surface area (Å²) in [7, 11) is 0. The molecule has 1 N–H and O–H groups in total. The highest BCUT2D eigenvalue weighted by atomic mass is 16.1. The van der Waals surface area contributed by atoms with Crippen LogP contribution in [0.5, 0.6) is 0 Å². The molecule has 0 fully saturated rings. The van der Waals surface area contributed by atoms with Gasteiger partial charge in [-0.1, -0.05) is 17.7 Å². The summed E-state index contributed by atoms with van der Waals surface area (Å²) in [5.74, 6) is 0. The molecule has 0 aromatic carbocycles. The number of pyridine rings is 1. The van der Waals surface area contributed by atoms with Gasteiger partial charge in [0.15, 0.2) is 0 Å². The van der Waals surface area contributed by atoms with E-state index in [9.17, 15) is 4.79 Å². The van der Waals surface area contributed by atoms with E-state index in [1.54, 1.807) is 16.7 Å². The zero-order chi connectivity index (χ0) is 13.0. The van der Waals surface area contributed by atoms with Gasteiger partial charge in [-0.2, -0.15) is 0 Å². The van der Waals surface area contributed by atoms with Crippen LogP contribution in [0, 0.1) is 0 Å². The standard InChI is InChI=1S/C14H17N3O/c1-11(2)6-7-15-10-12-9-14(18)17-8-4-3-5-13(17)16-12/h3-6,8-9,15H,7,10H2,1-2H3. The summed E-state index contributed by atoms with van der Waals surface area (Å²) in [5, 5.41) is 3.24. The normalized spacial score (nSPS) is 10.6. The van der Waals surface area contributed by atoms with Crippen LogP contribution in [0.25, 0.3) is 5.65 Å². The molecule has 0 bridgehead atoms. The summed E-state index contributed by atoms with van der Waals surface area (Å²) in [6.45, 7) is 5.51. The Morgan fingerprint density at radius 3 is 3.06 bits per heavy atom. The van der Waals surface area contributed by atoms with E-state index < -0.39 is 0 Å². The number of fused-ring (bicyclic) bond motifs is 1. The molecular weight excluding hydrogens is 226 g/mol. The third-order valence-corrected chi connectivity index (χ3v) is 2.58. The minimum absolute atomic E-state index is 0.0420. The average molecular weight is 243 g/mol. The minimum Gasteiger partial charge on any atom is -0.308 e. The molecule has 0 spiro atoms. The molecule has 4 heteroatoms. The Bertz CT molecular complexity index is 624. The fourth-order valence-electron chi connectivity index (χ4n) is 1.67. The molecule has 18 heavy (non-hydrogen) atoms. The number of nitrogens with one attached hydrogen (secondary N) is 1. The second-order valence-electron chi connectivity index (χ2n) is 4.43. The van der Waals surface area contributed by atoms with E-state index in [4.69, 9.17) is 0 Å². The van der Waals surface area contributed by atoms with E-state index in [1.807, 2.05) is 18.2 Å². The van der Waals surface area contributed by atoms with Gasteiger partial charge in [0.2, 0.25) is 0 Å². The Hall–Kier alpha value is -1.94. The van der Waals surface area contributed by atoms with E-state index in [-0.39, 0.29) is 5.56 Å². The Kier molecular flexibility index (Phi) is 3.89. The van der Waals surface area contributed by atoms with Gasteiger partial charge < -0.3 is 5.32 Å². The van der Waals surface area contributed by atoms with Crippen molar-refractivity contribution in [3.8, 4) is 0 Å². The van der Waals surface area contributed by atoms with Gasteiger partial charge in [-0.25, -0.2) is 4.98 Å². The van der Waals surface area contributed by atoms with Crippen molar-refractivity contribution in [2.45, 2.75) is 20.4 Å². The maximum atomic E-state index is 11.8. The van der Waals surface area contributed by atoms with Crippen molar-refractivity contribution in [2.24, 2.45) is 0 Å². The van der Waals surface area contributed by atoms with Gasteiger partial charge in [0.1, 0.15) is 5.65 Å². The molecule has 0 saturated carbocycles. The number of allylic oxidation sites excluding steroid dienone is 1. The Labute approximate surface area is 106 Å². The summed E-state index contributed by atoms with van der Waals surface area (Å²) in [6.07, 6.45) is 3.83. The van der Waals surface area contributed by atoms with Crippen LogP contribution < -0.4 is 10.9 Å². The second kappa shape index (κ2) is 5.60. The molecule has 0 aliphatic rings. The highest BCUT2D eigenvalue weighted by molar-refractivity contribution is 5.37. The largest absolute Gasteiger partial charge is 0.308 e. The predicted octanol–water partition coefficient (Wildman–Crippen LogP) is 1.75. The Morgan fingerprint density at radius 2 is 2.28 bits per heavy atom. The van der Waals surface area contributed by atoms with E-state index in [0.717, 1.165) is 12.2 Å². The van der Waals surface area contributed by atoms with Crippen molar-refractivity contribution in [3.63, 3.8) is 0 Å². The molecule has 0 radical (unpaired) electrons. The minimum atomic E-state index is -0.0420. The monoisotopic (exact) mass is 243 g/mol. The van der Waals surface area contributed by atoms with E-state index >= 15 is 0 Å². The van der Waals surface area contributed by atoms with Crippen LogP contribution in [-0.4, -0.2) is 15.9 Å². The van der Waals surface area contributed by atoms with Crippen LogP contribution in [0.4, 0.5) is 0 Å². The maximum Gasteiger partial charge on any atom is 0.258 e. The molecule has 2 aromatic heterocycles. The molecule has 0 saturated heterocycles. The number of nitrogens with zero attached hydrogens (tertiary/aromatic N) is 2.